The number of hydrogen-bond donors (Lipinski definition) is 1. The van der Waals surface area contributed by atoms with Crippen molar-refractivity contribution in [1.82, 2.24) is 4.98 Å². The number of carbonyl (C=O) groups is 1. The van der Waals surface area contributed by atoms with Crippen LogP contribution in [0.4, 0.5) is 0 Å². The lowest BCUT2D eigenvalue weighted by Crippen LogP contribution is -2.70. The molecule has 0 amide bonds. The Morgan fingerprint density at radius 1 is 1.23 bits per heavy atom. The molecule has 5 fully saturated rings. The maximum Gasteiger partial charge on any atom is 0.354 e. The minimum atomic E-state index is -1.05. The van der Waals surface area contributed by atoms with E-state index in [1.165, 1.54) is 12.3 Å². The lowest BCUT2D eigenvalue weighted by molar-refractivity contribution is -0.577. The molecule has 5 heterocycles. The molecule has 8 heteroatoms. The van der Waals surface area contributed by atoms with Gasteiger partial charge < -0.3 is 19.3 Å². The van der Waals surface area contributed by atoms with Crippen molar-refractivity contribution in [2.45, 2.75) is 77.0 Å². The standard InChI is InChI=1S/C22H29NO7/c1-12-4-6-16-13(2)19(26-11-14-5-7-17(18(24)25)23-10-14)27-20-22(16)15(12)8-9-21(3,28-20)29-30-22/h5,7,10,12-13,15-16,19-20H,4,6,8-9,11H2,1-3H3,(H,24,25)/t12-,13-,15+,16+,19+,20-,21-,22-/m1/s1. The third kappa shape index (κ3) is 3.08. The number of ether oxygens (including phenoxy) is 3. The van der Waals surface area contributed by atoms with Gasteiger partial charge in [0.2, 0.25) is 5.79 Å². The fourth-order valence-electron chi connectivity index (χ4n) is 5.88. The quantitative estimate of drug-likeness (QED) is 0.741. The number of fused-ring (bicyclic) bond motifs is 2. The van der Waals surface area contributed by atoms with Gasteiger partial charge in [0.05, 0.1) is 6.61 Å². The Balaban J connectivity index is 1.37. The predicted octanol–water partition coefficient (Wildman–Crippen LogP) is 3.50. The molecule has 0 unspecified atom stereocenters. The molecule has 1 N–H and O–H groups in total. The van der Waals surface area contributed by atoms with E-state index in [0.29, 0.717) is 11.8 Å². The molecule has 1 aromatic rings. The predicted molar refractivity (Wildman–Crippen MR) is 103 cm³/mol. The zero-order chi connectivity index (χ0) is 21.1. The number of carboxylic acid groups (broad SMARTS) is 1. The van der Waals surface area contributed by atoms with Gasteiger partial charge in [-0.25, -0.2) is 19.6 Å². The average molecular weight is 419 g/mol. The van der Waals surface area contributed by atoms with Crippen molar-refractivity contribution < 1.29 is 33.9 Å². The van der Waals surface area contributed by atoms with E-state index >= 15 is 0 Å². The van der Waals surface area contributed by atoms with Crippen LogP contribution in [0.1, 0.15) is 62.5 Å². The summed E-state index contributed by atoms with van der Waals surface area (Å²) in [5.74, 6) is -0.714. The van der Waals surface area contributed by atoms with Gasteiger partial charge in [0.1, 0.15) is 5.69 Å². The summed E-state index contributed by atoms with van der Waals surface area (Å²) < 4.78 is 18.8. The second-order valence-corrected chi connectivity index (χ2v) is 9.44. The Labute approximate surface area is 175 Å². The van der Waals surface area contributed by atoms with Crippen LogP contribution in [0.2, 0.25) is 0 Å². The van der Waals surface area contributed by atoms with E-state index in [0.717, 1.165) is 31.2 Å². The van der Waals surface area contributed by atoms with E-state index in [9.17, 15) is 4.79 Å². The van der Waals surface area contributed by atoms with Gasteiger partial charge >= 0.3 is 5.97 Å². The molecular formula is C22H29NO7. The Bertz CT molecular complexity index is 816. The molecule has 30 heavy (non-hydrogen) atoms. The third-order valence-corrected chi connectivity index (χ3v) is 7.56. The molecule has 2 bridgehead atoms. The van der Waals surface area contributed by atoms with Crippen LogP contribution in [0.25, 0.3) is 0 Å². The number of rotatable bonds is 4. The van der Waals surface area contributed by atoms with E-state index < -0.39 is 29.9 Å². The average Bonchev–Trinajstić information content (AvgIpc) is 2.96. The molecule has 4 aliphatic heterocycles. The van der Waals surface area contributed by atoms with Crippen molar-refractivity contribution in [3.63, 3.8) is 0 Å². The highest BCUT2D eigenvalue weighted by molar-refractivity contribution is 5.85. The van der Waals surface area contributed by atoms with Crippen LogP contribution in [0, 0.1) is 23.7 Å². The smallest absolute Gasteiger partial charge is 0.354 e. The molecule has 6 rings (SSSR count). The van der Waals surface area contributed by atoms with Crippen molar-refractivity contribution in [3.8, 4) is 0 Å². The largest absolute Gasteiger partial charge is 0.477 e. The van der Waals surface area contributed by atoms with Crippen molar-refractivity contribution in [1.29, 1.82) is 0 Å². The van der Waals surface area contributed by atoms with Gasteiger partial charge in [-0.2, -0.15) is 0 Å². The van der Waals surface area contributed by atoms with Crippen LogP contribution in [0.3, 0.4) is 0 Å². The first-order valence-electron chi connectivity index (χ1n) is 10.8. The first-order valence-corrected chi connectivity index (χ1v) is 10.8. The van der Waals surface area contributed by atoms with Gasteiger partial charge in [-0.05, 0) is 49.7 Å². The van der Waals surface area contributed by atoms with Gasteiger partial charge in [-0.3, -0.25) is 0 Å². The molecule has 1 spiro atoms. The summed E-state index contributed by atoms with van der Waals surface area (Å²) in [7, 11) is 0. The lowest BCUT2D eigenvalue weighted by Gasteiger charge is -2.60. The molecule has 1 aromatic heterocycles. The Morgan fingerprint density at radius 2 is 2.07 bits per heavy atom. The third-order valence-electron chi connectivity index (χ3n) is 7.56. The summed E-state index contributed by atoms with van der Waals surface area (Å²) in [5, 5.41) is 9.00. The Kier molecular flexibility index (Phi) is 4.91. The van der Waals surface area contributed by atoms with E-state index in [2.05, 4.69) is 18.8 Å². The van der Waals surface area contributed by atoms with Gasteiger partial charge in [0.25, 0.3) is 0 Å². The maximum absolute atomic E-state index is 11.0. The molecule has 0 radical (unpaired) electrons. The highest BCUT2D eigenvalue weighted by Crippen LogP contribution is 2.60. The zero-order valence-electron chi connectivity index (χ0n) is 17.6. The van der Waals surface area contributed by atoms with Gasteiger partial charge in [0.15, 0.2) is 18.2 Å². The minimum Gasteiger partial charge on any atom is -0.477 e. The first kappa shape index (κ1) is 20.3. The number of pyridine rings is 1. The fraction of sp³-hybridized carbons (Fsp3) is 0.727. The number of aromatic nitrogens is 1. The van der Waals surface area contributed by atoms with Crippen LogP contribution in [0.5, 0.6) is 0 Å². The number of carboxylic acids is 1. The van der Waals surface area contributed by atoms with Gasteiger partial charge in [0, 0.05) is 24.5 Å². The Hall–Kier alpha value is -1.58. The summed E-state index contributed by atoms with van der Waals surface area (Å²) in [6.07, 6.45) is 4.46. The van der Waals surface area contributed by atoms with E-state index in [-0.39, 0.29) is 24.1 Å². The monoisotopic (exact) mass is 419 g/mol. The van der Waals surface area contributed by atoms with E-state index in [4.69, 9.17) is 29.1 Å². The summed E-state index contributed by atoms with van der Waals surface area (Å²) in [6, 6.07) is 3.19. The summed E-state index contributed by atoms with van der Waals surface area (Å²) >= 11 is 0. The zero-order valence-corrected chi connectivity index (χ0v) is 17.6. The van der Waals surface area contributed by atoms with Crippen LogP contribution >= 0.6 is 0 Å². The molecule has 8 nitrogen and oxygen atoms in total. The lowest BCUT2D eigenvalue weighted by atomic mass is 9.58. The topological polar surface area (TPSA) is 96.3 Å². The molecule has 4 saturated heterocycles. The minimum absolute atomic E-state index is 0.0126. The SMILES string of the molecule is C[C@H]1[C@@H](OCc2ccc(C(=O)O)nc2)O[C@@H]2O[C@@]3(C)CC[C@H]4[C@H](C)CC[C@@H]1[C@@]24OO3. The second kappa shape index (κ2) is 7.24. The van der Waals surface area contributed by atoms with Crippen LogP contribution < -0.4 is 0 Å². The molecule has 1 saturated carbocycles. The van der Waals surface area contributed by atoms with Crippen molar-refractivity contribution in [2.75, 3.05) is 0 Å². The van der Waals surface area contributed by atoms with Crippen molar-refractivity contribution >= 4 is 5.97 Å². The summed E-state index contributed by atoms with van der Waals surface area (Å²) in [5.41, 5.74) is 0.206. The van der Waals surface area contributed by atoms with Crippen LogP contribution in [-0.2, 0) is 30.6 Å². The van der Waals surface area contributed by atoms with E-state index in [1.54, 1.807) is 6.07 Å². The molecule has 0 aromatic carbocycles. The summed E-state index contributed by atoms with van der Waals surface area (Å²) in [4.78, 5) is 26.9. The second-order valence-electron chi connectivity index (χ2n) is 9.44. The molecule has 164 valence electrons. The highest BCUT2D eigenvalue weighted by Gasteiger charge is 2.69. The maximum atomic E-state index is 11.0. The molecule has 5 aliphatic rings. The number of nitrogens with zero attached hydrogens (tertiary/aromatic N) is 1. The summed E-state index contributed by atoms with van der Waals surface area (Å²) in [6.45, 7) is 6.62. The van der Waals surface area contributed by atoms with Crippen molar-refractivity contribution in [2.24, 2.45) is 23.7 Å². The van der Waals surface area contributed by atoms with Gasteiger partial charge in [-0.15, -0.1) is 0 Å². The fourth-order valence-corrected chi connectivity index (χ4v) is 5.88. The normalized spacial score (nSPS) is 44.9. The number of aromatic carboxylic acids is 1. The van der Waals surface area contributed by atoms with Gasteiger partial charge in [-0.1, -0.05) is 19.9 Å². The molecule has 1 aliphatic carbocycles. The number of hydrogen-bond acceptors (Lipinski definition) is 7. The molecular weight excluding hydrogens is 390 g/mol. The van der Waals surface area contributed by atoms with Crippen molar-refractivity contribution in [3.05, 3.63) is 29.6 Å². The first-order chi connectivity index (χ1) is 14.3. The molecule has 8 atom stereocenters. The van der Waals surface area contributed by atoms with Crippen LogP contribution in [-0.4, -0.2) is 40.0 Å². The van der Waals surface area contributed by atoms with Crippen LogP contribution in [0.15, 0.2) is 18.3 Å². The van der Waals surface area contributed by atoms with E-state index in [1.807, 2.05) is 6.92 Å². The Morgan fingerprint density at radius 3 is 2.80 bits per heavy atom. The highest BCUT2D eigenvalue weighted by atomic mass is 17.3.